The van der Waals surface area contributed by atoms with E-state index in [9.17, 15) is 4.79 Å². The molecule has 0 fully saturated rings. The van der Waals surface area contributed by atoms with Crippen LogP contribution in [0.4, 0.5) is 0 Å². The Morgan fingerprint density at radius 3 is 2.00 bits per heavy atom. The normalized spacial score (nSPS) is 11.5. The second-order valence-electron chi connectivity index (χ2n) is 6.41. The summed E-state index contributed by atoms with van der Waals surface area (Å²) in [5.74, 6) is -0.243. The monoisotopic (exact) mass is 420 g/mol. The van der Waals surface area contributed by atoms with Gasteiger partial charge in [0.2, 0.25) is 0 Å². The number of nitrogens with one attached hydrogen (secondary N) is 1. The topological polar surface area (TPSA) is 41.5 Å². The molecule has 0 radical (unpaired) electrons. The van der Waals surface area contributed by atoms with Gasteiger partial charge in [-0.2, -0.15) is 5.10 Å². The SMILES string of the molecule is C/C(=N\NC(=O)c1ccc(C)c(Br)c1)C(c1ccccc1)c1ccccc1. The number of hydrogen-bond donors (Lipinski definition) is 1. The molecule has 0 aliphatic heterocycles. The van der Waals surface area contributed by atoms with Crippen LogP contribution in [0.15, 0.2) is 88.4 Å². The molecule has 3 nitrogen and oxygen atoms in total. The smallest absolute Gasteiger partial charge is 0.267 e. The summed E-state index contributed by atoms with van der Waals surface area (Å²) < 4.78 is 0.905. The lowest BCUT2D eigenvalue weighted by atomic mass is 9.88. The molecule has 0 saturated carbocycles. The largest absolute Gasteiger partial charge is 0.271 e. The predicted molar refractivity (Wildman–Crippen MR) is 114 cm³/mol. The Morgan fingerprint density at radius 2 is 1.48 bits per heavy atom. The molecule has 27 heavy (non-hydrogen) atoms. The van der Waals surface area contributed by atoms with Crippen LogP contribution in [-0.4, -0.2) is 11.6 Å². The van der Waals surface area contributed by atoms with Crippen molar-refractivity contribution in [2.24, 2.45) is 5.10 Å². The van der Waals surface area contributed by atoms with E-state index in [0.29, 0.717) is 5.56 Å². The molecule has 0 aliphatic rings. The third kappa shape index (κ3) is 4.72. The molecule has 0 aromatic heterocycles. The minimum atomic E-state index is -0.227. The van der Waals surface area contributed by atoms with Crippen molar-refractivity contribution in [2.45, 2.75) is 19.8 Å². The zero-order chi connectivity index (χ0) is 19.2. The van der Waals surface area contributed by atoms with Gasteiger partial charge in [0.15, 0.2) is 0 Å². The first-order chi connectivity index (χ1) is 13.1. The van der Waals surface area contributed by atoms with E-state index in [-0.39, 0.29) is 11.8 Å². The van der Waals surface area contributed by atoms with Gasteiger partial charge in [-0.25, -0.2) is 5.43 Å². The van der Waals surface area contributed by atoms with Gasteiger partial charge < -0.3 is 0 Å². The summed E-state index contributed by atoms with van der Waals surface area (Å²) in [4.78, 5) is 12.5. The molecule has 4 heteroatoms. The number of carbonyl (C=O) groups is 1. The number of nitrogens with zero attached hydrogens (tertiary/aromatic N) is 1. The number of hydrazone groups is 1. The lowest BCUT2D eigenvalue weighted by molar-refractivity contribution is 0.0954. The molecule has 0 spiro atoms. The van der Waals surface area contributed by atoms with Gasteiger partial charge in [0.1, 0.15) is 0 Å². The van der Waals surface area contributed by atoms with E-state index in [0.717, 1.165) is 26.9 Å². The van der Waals surface area contributed by atoms with E-state index in [4.69, 9.17) is 0 Å². The third-order valence-electron chi connectivity index (χ3n) is 4.45. The van der Waals surface area contributed by atoms with Gasteiger partial charge in [-0.05, 0) is 42.7 Å². The number of rotatable bonds is 5. The van der Waals surface area contributed by atoms with Crippen molar-refractivity contribution in [3.8, 4) is 0 Å². The van der Waals surface area contributed by atoms with Crippen LogP contribution in [0.25, 0.3) is 0 Å². The first-order valence-electron chi connectivity index (χ1n) is 8.77. The highest BCUT2D eigenvalue weighted by Gasteiger charge is 2.17. The van der Waals surface area contributed by atoms with E-state index in [2.05, 4.69) is 50.7 Å². The fourth-order valence-corrected chi connectivity index (χ4v) is 3.35. The first kappa shape index (κ1) is 19.1. The van der Waals surface area contributed by atoms with Crippen LogP contribution < -0.4 is 5.43 Å². The fourth-order valence-electron chi connectivity index (χ4n) is 2.97. The average Bonchev–Trinajstić information content (AvgIpc) is 2.70. The molecule has 3 rings (SSSR count). The van der Waals surface area contributed by atoms with Gasteiger partial charge in [0, 0.05) is 21.7 Å². The van der Waals surface area contributed by atoms with Gasteiger partial charge in [0.05, 0.1) is 0 Å². The number of carbonyl (C=O) groups excluding carboxylic acids is 1. The summed E-state index contributed by atoms with van der Waals surface area (Å²) in [6.45, 7) is 3.92. The van der Waals surface area contributed by atoms with Crippen molar-refractivity contribution in [2.75, 3.05) is 0 Å². The molecule has 1 N–H and O–H groups in total. The molecule has 0 atom stereocenters. The highest BCUT2D eigenvalue weighted by atomic mass is 79.9. The Balaban J connectivity index is 1.86. The average molecular weight is 421 g/mol. The Kier molecular flexibility index (Phi) is 6.20. The molecule has 0 bridgehead atoms. The van der Waals surface area contributed by atoms with Gasteiger partial charge in [-0.15, -0.1) is 0 Å². The minimum absolute atomic E-state index is 0.0162. The van der Waals surface area contributed by atoms with E-state index >= 15 is 0 Å². The van der Waals surface area contributed by atoms with Crippen LogP contribution >= 0.6 is 15.9 Å². The molecule has 0 saturated heterocycles. The van der Waals surface area contributed by atoms with Crippen LogP contribution in [-0.2, 0) is 0 Å². The summed E-state index contributed by atoms with van der Waals surface area (Å²) in [6.07, 6.45) is 0. The molecule has 136 valence electrons. The van der Waals surface area contributed by atoms with Crippen LogP contribution in [0.2, 0.25) is 0 Å². The van der Waals surface area contributed by atoms with Crippen molar-refractivity contribution >= 4 is 27.5 Å². The number of amides is 1. The zero-order valence-corrected chi connectivity index (χ0v) is 16.9. The Morgan fingerprint density at radius 1 is 0.926 bits per heavy atom. The Hall–Kier alpha value is -2.72. The molecular formula is C23H21BrN2O. The third-order valence-corrected chi connectivity index (χ3v) is 5.31. The standard InChI is InChI=1S/C23H21BrN2O/c1-16-13-14-20(15-21(16)24)23(27)26-25-17(2)22(18-9-5-3-6-10-18)19-11-7-4-8-12-19/h3-15,22H,1-2H3,(H,26,27)/b25-17+. The maximum Gasteiger partial charge on any atom is 0.271 e. The number of benzene rings is 3. The quantitative estimate of drug-likeness (QED) is 0.417. The first-order valence-corrected chi connectivity index (χ1v) is 9.56. The van der Waals surface area contributed by atoms with Crippen LogP contribution in [0.3, 0.4) is 0 Å². The minimum Gasteiger partial charge on any atom is -0.267 e. The zero-order valence-electron chi connectivity index (χ0n) is 15.3. The van der Waals surface area contributed by atoms with E-state index in [1.807, 2.05) is 56.3 Å². The molecule has 0 unspecified atom stereocenters. The number of hydrogen-bond acceptors (Lipinski definition) is 2. The molecule has 3 aromatic carbocycles. The van der Waals surface area contributed by atoms with Gasteiger partial charge in [0.25, 0.3) is 5.91 Å². The lowest BCUT2D eigenvalue weighted by Gasteiger charge is -2.18. The summed E-state index contributed by atoms with van der Waals surface area (Å²) in [7, 11) is 0. The second kappa shape index (κ2) is 8.78. The van der Waals surface area contributed by atoms with Crippen molar-refractivity contribution in [1.82, 2.24) is 5.43 Å². The summed E-state index contributed by atoms with van der Waals surface area (Å²) in [6, 6.07) is 25.9. The van der Waals surface area contributed by atoms with Crippen LogP contribution in [0.1, 0.15) is 39.9 Å². The van der Waals surface area contributed by atoms with Gasteiger partial charge in [-0.3, -0.25) is 4.79 Å². The van der Waals surface area contributed by atoms with Crippen LogP contribution in [0.5, 0.6) is 0 Å². The summed E-state index contributed by atoms with van der Waals surface area (Å²) in [5, 5.41) is 4.41. The van der Waals surface area contributed by atoms with E-state index < -0.39 is 0 Å². The molecule has 3 aromatic rings. The highest BCUT2D eigenvalue weighted by molar-refractivity contribution is 9.10. The molecular weight excluding hydrogens is 400 g/mol. The lowest BCUT2D eigenvalue weighted by Crippen LogP contribution is -2.22. The fraction of sp³-hybridized carbons (Fsp3) is 0.130. The maximum absolute atomic E-state index is 12.5. The maximum atomic E-state index is 12.5. The summed E-state index contributed by atoms with van der Waals surface area (Å²) in [5.41, 5.74) is 7.44. The van der Waals surface area contributed by atoms with E-state index in [1.165, 1.54) is 0 Å². The highest BCUT2D eigenvalue weighted by Crippen LogP contribution is 2.26. The molecule has 0 aliphatic carbocycles. The van der Waals surface area contributed by atoms with E-state index in [1.54, 1.807) is 12.1 Å². The Labute approximate surface area is 168 Å². The number of halogens is 1. The second-order valence-corrected chi connectivity index (χ2v) is 7.27. The van der Waals surface area contributed by atoms with Crippen molar-refractivity contribution < 1.29 is 4.79 Å². The van der Waals surface area contributed by atoms with Gasteiger partial charge >= 0.3 is 0 Å². The van der Waals surface area contributed by atoms with Crippen molar-refractivity contribution in [3.63, 3.8) is 0 Å². The van der Waals surface area contributed by atoms with Crippen LogP contribution in [0, 0.1) is 6.92 Å². The van der Waals surface area contributed by atoms with Crippen molar-refractivity contribution in [3.05, 3.63) is 106 Å². The number of aryl methyl sites for hydroxylation is 1. The summed E-state index contributed by atoms with van der Waals surface area (Å²) >= 11 is 3.46. The molecule has 1 amide bonds. The predicted octanol–water partition coefficient (Wildman–Crippen LogP) is 5.70. The molecule has 0 heterocycles. The Bertz CT molecular complexity index is 913. The van der Waals surface area contributed by atoms with Crippen molar-refractivity contribution in [1.29, 1.82) is 0 Å². The van der Waals surface area contributed by atoms with Gasteiger partial charge in [-0.1, -0.05) is 82.7 Å².